The summed E-state index contributed by atoms with van der Waals surface area (Å²) in [6.45, 7) is 1.97. The van der Waals surface area contributed by atoms with Crippen LogP contribution in [0, 0.1) is 0 Å². The molecule has 0 saturated carbocycles. The summed E-state index contributed by atoms with van der Waals surface area (Å²) >= 11 is 0. The van der Waals surface area contributed by atoms with Crippen molar-refractivity contribution in [1.82, 2.24) is 0 Å². The van der Waals surface area contributed by atoms with E-state index in [0.717, 1.165) is 5.76 Å². The van der Waals surface area contributed by atoms with Crippen LogP contribution in [-0.2, 0) is 4.74 Å². The van der Waals surface area contributed by atoms with Gasteiger partial charge in [0.2, 0.25) is 0 Å². The highest BCUT2D eigenvalue weighted by Crippen LogP contribution is 1.95. The first-order valence-electron chi connectivity index (χ1n) is 3.97. The van der Waals surface area contributed by atoms with Gasteiger partial charge < -0.3 is 4.74 Å². The van der Waals surface area contributed by atoms with Gasteiger partial charge in [-0.3, -0.25) is 0 Å². The molecule has 60 valence electrons. The minimum Gasteiger partial charge on any atom is -0.469 e. The van der Waals surface area contributed by atoms with Gasteiger partial charge in [-0.1, -0.05) is 30.3 Å². The Morgan fingerprint density at radius 1 is 1.17 bits per heavy atom. The number of ether oxygens (including phenoxy) is 1. The van der Waals surface area contributed by atoms with Gasteiger partial charge in [-0.05, 0) is 18.2 Å². The molecule has 0 atom stereocenters. The van der Waals surface area contributed by atoms with E-state index >= 15 is 0 Å². The lowest BCUT2D eigenvalue weighted by molar-refractivity contribution is 0.427. The number of rotatable bonds is 0. The molecule has 1 heterocycles. The SMILES string of the molecule is CC1=c2ccccc2=CC=CO1. The Bertz CT molecular complexity index is 427. The van der Waals surface area contributed by atoms with E-state index in [1.54, 1.807) is 6.26 Å². The lowest BCUT2D eigenvalue weighted by atomic mass is 10.2. The van der Waals surface area contributed by atoms with E-state index in [1.165, 1.54) is 10.4 Å². The second-order valence-electron chi connectivity index (χ2n) is 2.76. The molecule has 0 radical (unpaired) electrons. The summed E-state index contributed by atoms with van der Waals surface area (Å²) in [5, 5.41) is 2.38. The van der Waals surface area contributed by atoms with Crippen molar-refractivity contribution in [2.45, 2.75) is 6.92 Å². The maximum Gasteiger partial charge on any atom is 0.108 e. The summed E-state index contributed by atoms with van der Waals surface area (Å²) in [4.78, 5) is 0. The van der Waals surface area contributed by atoms with Gasteiger partial charge in [0.25, 0.3) is 0 Å². The van der Waals surface area contributed by atoms with Crippen LogP contribution in [0.2, 0.25) is 0 Å². The highest BCUT2D eigenvalue weighted by molar-refractivity contribution is 5.45. The van der Waals surface area contributed by atoms with Crippen LogP contribution >= 0.6 is 0 Å². The molecule has 0 aliphatic carbocycles. The average molecular weight is 158 g/mol. The smallest absolute Gasteiger partial charge is 0.108 e. The third-order valence-corrected chi connectivity index (χ3v) is 1.94. The fourth-order valence-electron chi connectivity index (χ4n) is 1.31. The van der Waals surface area contributed by atoms with Gasteiger partial charge in [-0.2, -0.15) is 0 Å². The molecule has 12 heavy (non-hydrogen) atoms. The zero-order valence-electron chi connectivity index (χ0n) is 6.95. The molecule has 1 aliphatic heterocycles. The lowest BCUT2D eigenvalue weighted by Gasteiger charge is -1.96. The quantitative estimate of drug-likeness (QED) is 0.550. The van der Waals surface area contributed by atoms with Gasteiger partial charge in [0.1, 0.15) is 5.76 Å². The van der Waals surface area contributed by atoms with Gasteiger partial charge in [-0.25, -0.2) is 0 Å². The van der Waals surface area contributed by atoms with Crippen LogP contribution in [0.1, 0.15) is 6.92 Å². The number of allylic oxidation sites excluding steroid dienone is 1. The molecule has 0 spiro atoms. The van der Waals surface area contributed by atoms with E-state index in [9.17, 15) is 0 Å². The van der Waals surface area contributed by atoms with Gasteiger partial charge in [-0.15, -0.1) is 0 Å². The minimum absolute atomic E-state index is 0.954. The molecule has 0 aromatic heterocycles. The Kier molecular flexibility index (Phi) is 1.71. The van der Waals surface area contributed by atoms with Gasteiger partial charge >= 0.3 is 0 Å². The predicted octanol–water partition coefficient (Wildman–Crippen LogP) is 1.14. The first-order chi connectivity index (χ1) is 5.88. The number of benzene rings is 1. The normalized spacial score (nSPS) is 14.2. The largest absolute Gasteiger partial charge is 0.469 e. The van der Waals surface area contributed by atoms with Gasteiger partial charge in [0.05, 0.1) is 6.26 Å². The third kappa shape index (κ3) is 1.14. The zero-order chi connectivity index (χ0) is 8.39. The monoisotopic (exact) mass is 158 g/mol. The Morgan fingerprint density at radius 2 is 2.00 bits per heavy atom. The van der Waals surface area contributed by atoms with Gasteiger partial charge in [0, 0.05) is 5.22 Å². The summed E-state index contributed by atoms with van der Waals surface area (Å²) in [5.74, 6) is 0.954. The molecular formula is C11H10O. The Morgan fingerprint density at radius 3 is 2.92 bits per heavy atom. The van der Waals surface area contributed by atoms with Crippen LogP contribution < -0.4 is 10.4 Å². The van der Waals surface area contributed by atoms with E-state index in [0.29, 0.717) is 0 Å². The van der Waals surface area contributed by atoms with E-state index in [1.807, 2.05) is 31.2 Å². The molecule has 0 unspecified atom stereocenters. The highest BCUT2D eigenvalue weighted by atomic mass is 16.5. The zero-order valence-corrected chi connectivity index (χ0v) is 6.95. The van der Waals surface area contributed by atoms with Gasteiger partial charge in [0.15, 0.2) is 0 Å². The molecule has 0 fully saturated rings. The first kappa shape index (κ1) is 7.17. The van der Waals surface area contributed by atoms with E-state index in [4.69, 9.17) is 4.74 Å². The molecule has 2 rings (SSSR count). The molecule has 1 aromatic carbocycles. The standard InChI is InChI=1S/C11H10O/c1-9-11-7-3-2-5-10(11)6-4-8-12-9/h2-8H,1H3. The van der Waals surface area contributed by atoms with Crippen molar-refractivity contribution in [2.75, 3.05) is 0 Å². The maximum atomic E-state index is 5.33. The van der Waals surface area contributed by atoms with E-state index in [2.05, 4.69) is 12.1 Å². The van der Waals surface area contributed by atoms with Crippen LogP contribution in [0.15, 0.2) is 36.6 Å². The van der Waals surface area contributed by atoms with Crippen molar-refractivity contribution in [3.8, 4) is 0 Å². The summed E-state index contributed by atoms with van der Waals surface area (Å²) in [6.07, 6.45) is 5.66. The Hall–Kier alpha value is -1.50. The molecule has 1 aromatic rings. The van der Waals surface area contributed by atoms with Crippen molar-refractivity contribution in [3.05, 3.63) is 47.0 Å². The predicted molar refractivity (Wildman–Crippen MR) is 49.5 cm³/mol. The van der Waals surface area contributed by atoms with Crippen LogP contribution in [-0.4, -0.2) is 0 Å². The van der Waals surface area contributed by atoms with Crippen molar-refractivity contribution >= 4 is 11.8 Å². The van der Waals surface area contributed by atoms with Crippen LogP contribution in [0.5, 0.6) is 0 Å². The fraction of sp³-hybridized carbons (Fsp3) is 0.0909. The van der Waals surface area contributed by atoms with Crippen molar-refractivity contribution in [3.63, 3.8) is 0 Å². The summed E-state index contributed by atoms with van der Waals surface area (Å²) in [5.41, 5.74) is 0. The molecule has 1 aliphatic rings. The molecule has 1 nitrogen and oxygen atoms in total. The van der Waals surface area contributed by atoms with E-state index in [-0.39, 0.29) is 0 Å². The third-order valence-electron chi connectivity index (χ3n) is 1.94. The molecule has 0 saturated heterocycles. The first-order valence-corrected chi connectivity index (χ1v) is 3.97. The number of hydrogen-bond donors (Lipinski definition) is 0. The lowest BCUT2D eigenvalue weighted by Crippen LogP contribution is -2.25. The second-order valence-corrected chi connectivity index (χ2v) is 2.76. The summed E-state index contributed by atoms with van der Waals surface area (Å²) < 4.78 is 5.33. The van der Waals surface area contributed by atoms with Crippen molar-refractivity contribution in [1.29, 1.82) is 0 Å². The highest BCUT2D eigenvalue weighted by Gasteiger charge is 1.93. The number of fused-ring (bicyclic) bond motifs is 1. The Labute approximate surface area is 71.3 Å². The van der Waals surface area contributed by atoms with E-state index < -0.39 is 0 Å². The molecule has 1 heteroatoms. The van der Waals surface area contributed by atoms with Crippen molar-refractivity contribution < 1.29 is 4.74 Å². The van der Waals surface area contributed by atoms with Crippen LogP contribution in [0.3, 0.4) is 0 Å². The Balaban J connectivity index is 2.88. The minimum atomic E-state index is 0.954. The molecule has 0 amide bonds. The van der Waals surface area contributed by atoms with Crippen molar-refractivity contribution in [2.24, 2.45) is 0 Å². The molecule has 0 N–H and O–H groups in total. The topological polar surface area (TPSA) is 9.23 Å². The maximum absolute atomic E-state index is 5.33. The molecular weight excluding hydrogens is 148 g/mol. The van der Waals surface area contributed by atoms with Crippen LogP contribution in [0.25, 0.3) is 11.8 Å². The average Bonchev–Trinajstić information content (AvgIpc) is 2.29. The number of hydrogen-bond acceptors (Lipinski definition) is 1. The molecule has 0 bridgehead atoms. The summed E-state index contributed by atoms with van der Waals surface area (Å²) in [7, 11) is 0. The second kappa shape index (κ2) is 2.86. The van der Waals surface area contributed by atoms with Crippen LogP contribution in [0.4, 0.5) is 0 Å². The fourth-order valence-corrected chi connectivity index (χ4v) is 1.31. The summed E-state index contributed by atoms with van der Waals surface area (Å²) in [6, 6.07) is 8.19.